The van der Waals surface area contributed by atoms with E-state index in [1.165, 1.54) is 83.0 Å². The topological polar surface area (TPSA) is 30.9 Å². The van der Waals surface area contributed by atoms with Crippen molar-refractivity contribution in [3.05, 3.63) is 161 Å². The Morgan fingerprint density at radius 1 is 0.568 bits per heavy atom. The van der Waals surface area contributed by atoms with Crippen LogP contribution in [0.1, 0.15) is 41.7 Å². The average Bonchev–Trinajstić information content (AvgIpc) is 3.65. The van der Waals surface area contributed by atoms with E-state index < -0.39 is 0 Å². The van der Waals surface area contributed by atoms with Crippen molar-refractivity contribution in [3.8, 4) is 33.4 Å². The van der Waals surface area contributed by atoms with Crippen molar-refractivity contribution < 1.29 is 0 Å². The number of nitrogens with two attached hydrogens (primary N) is 1. The minimum atomic E-state index is -0.0194. The number of rotatable bonds is 3. The molecule has 2 aliphatic rings. The highest BCUT2D eigenvalue weighted by molar-refractivity contribution is 6.09. The molecule has 6 aromatic carbocycles. The third-order valence-corrected chi connectivity index (χ3v) is 10.1. The standard InChI is InChI=1S/C42H32N2/c1-42(2)37-16-7-5-13-31(37)32-20-18-27(23-38(32)42)26-19-21-40-35(22-26)33-14-6-8-17-39(33)44(40)25-28-10-9-15-34-29-11-3-4-12-30(29)36(24-43)41(28)34/h3-24H,25,43H2,1-2H3/b36-24-. The van der Waals surface area contributed by atoms with Crippen LogP contribution in [0.3, 0.4) is 0 Å². The lowest BCUT2D eigenvalue weighted by Gasteiger charge is -2.22. The van der Waals surface area contributed by atoms with Crippen LogP contribution in [-0.2, 0) is 12.0 Å². The quantitative estimate of drug-likeness (QED) is 0.227. The molecule has 7 aromatic rings. The van der Waals surface area contributed by atoms with Crippen molar-refractivity contribution >= 4 is 27.4 Å². The monoisotopic (exact) mass is 564 g/mol. The lowest BCUT2D eigenvalue weighted by atomic mass is 9.81. The molecule has 9 rings (SSSR count). The smallest absolute Gasteiger partial charge is 0.0494 e. The maximum Gasteiger partial charge on any atom is 0.0494 e. The molecule has 0 fully saturated rings. The fourth-order valence-corrected chi connectivity index (χ4v) is 7.99. The molecule has 0 bridgehead atoms. The molecule has 0 spiro atoms. The van der Waals surface area contributed by atoms with Crippen LogP contribution in [0.2, 0.25) is 0 Å². The molecule has 210 valence electrons. The third kappa shape index (κ3) is 3.37. The van der Waals surface area contributed by atoms with Crippen molar-refractivity contribution in [2.75, 3.05) is 0 Å². The first-order valence-electron chi connectivity index (χ1n) is 15.4. The molecule has 1 heterocycles. The van der Waals surface area contributed by atoms with E-state index in [1.54, 1.807) is 6.20 Å². The summed E-state index contributed by atoms with van der Waals surface area (Å²) in [6.45, 7) is 5.47. The van der Waals surface area contributed by atoms with Crippen molar-refractivity contribution in [3.63, 3.8) is 0 Å². The number of hydrogen-bond donors (Lipinski definition) is 1. The second-order valence-electron chi connectivity index (χ2n) is 12.7. The number of benzene rings is 6. The molecule has 0 unspecified atom stereocenters. The maximum absolute atomic E-state index is 6.27. The van der Waals surface area contributed by atoms with Gasteiger partial charge in [-0.2, -0.15) is 0 Å². The number of hydrogen-bond acceptors (Lipinski definition) is 1. The van der Waals surface area contributed by atoms with E-state index in [9.17, 15) is 0 Å². The number of fused-ring (bicyclic) bond motifs is 9. The summed E-state index contributed by atoms with van der Waals surface area (Å²) in [7, 11) is 0. The van der Waals surface area contributed by atoms with E-state index >= 15 is 0 Å². The summed E-state index contributed by atoms with van der Waals surface area (Å²) in [5, 5.41) is 2.57. The van der Waals surface area contributed by atoms with Gasteiger partial charge in [0.2, 0.25) is 0 Å². The predicted molar refractivity (Wildman–Crippen MR) is 185 cm³/mol. The SMILES string of the molecule is CC1(C)c2ccccc2-c2ccc(-c3ccc4c(c3)c3ccccc3n4Cc3cccc4c3/C(=C\N)c3ccccc3-4)cc21. The molecule has 2 heteroatoms. The summed E-state index contributed by atoms with van der Waals surface area (Å²) in [4.78, 5) is 0. The van der Waals surface area contributed by atoms with Gasteiger partial charge in [0.15, 0.2) is 0 Å². The predicted octanol–water partition coefficient (Wildman–Crippen LogP) is 10.1. The van der Waals surface area contributed by atoms with Gasteiger partial charge in [0.05, 0.1) is 0 Å². The van der Waals surface area contributed by atoms with Crippen molar-refractivity contribution in [2.24, 2.45) is 5.73 Å². The highest BCUT2D eigenvalue weighted by atomic mass is 15.0. The molecule has 2 aliphatic carbocycles. The molecule has 0 saturated carbocycles. The fraction of sp³-hybridized carbons (Fsp3) is 0.0952. The molecule has 44 heavy (non-hydrogen) atoms. The lowest BCUT2D eigenvalue weighted by molar-refractivity contribution is 0.660. The number of nitrogens with zero attached hydrogens (tertiary/aromatic N) is 1. The zero-order chi connectivity index (χ0) is 29.6. The Hall–Kier alpha value is -5.34. The first-order valence-corrected chi connectivity index (χ1v) is 15.4. The maximum atomic E-state index is 6.27. The third-order valence-electron chi connectivity index (χ3n) is 10.1. The molecule has 0 saturated heterocycles. The summed E-state index contributed by atoms with van der Waals surface area (Å²) < 4.78 is 2.48. The van der Waals surface area contributed by atoms with Gasteiger partial charge in [0.25, 0.3) is 0 Å². The van der Waals surface area contributed by atoms with E-state index in [-0.39, 0.29) is 5.41 Å². The van der Waals surface area contributed by atoms with Crippen LogP contribution in [0.4, 0.5) is 0 Å². The van der Waals surface area contributed by atoms with Gasteiger partial charge in [-0.1, -0.05) is 117 Å². The van der Waals surface area contributed by atoms with Gasteiger partial charge >= 0.3 is 0 Å². The Morgan fingerprint density at radius 3 is 2.09 bits per heavy atom. The molecule has 0 aliphatic heterocycles. The lowest BCUT2D eigenvalue weighted by Crippen LogP contribution is -2.14. The van der Waals surface area contributed by atoms with Crippen LogP contribution >= 0.6 is 0 Å². The minimum absolute atomic E-state index is 0.0194. The van der Waals surface area contributed by atoms with Crippen molar-refractivity contribution in [2.45, 2.75) is 25.8 Å². The highest BCUT2D eigenvalue weighted by Crippen LogP contribution is 2.50. The first kappa shape index (κ1) is 25.2. The van der Waals surface area contributed by atoms with Gasteiger partial charge in [-0.3, -0.25) is 0 Å². The Bertz CT molecular complexity index is 2350. The zero-order valence-corrected chi connectivity index (χ0v) is 24.9. The zero-order valence-electron chi connectivity index (χ0n) is 24.9. The van der Waals surface area contributed by atoms with E-state index in [2.05, 4.69) is 146 Å². The summed E-state index contributed by atoms with van der Waals surface area (Å²) in [5.41, 5.74) is 24.2. The van der Waals surface area contributed by atoms with Crippen LogP contribution in [0.25, 0.3) is 60.8 Å². The molecule has 0 radical (unpaired) electrons. The molecule has 0 amide bonds. The molecular weight excluding hydrogens is 532 g/mol. The number of para-hydroxylation sites is 1. The van der Waals surface area contributed by atoms with Gasteiger partial charge in [0, 0.05) is 45.5 Å². The van der Waals surface area contributed by atoms with Gasteiger partial charge < -0.3 is 10.3 Å². The molecular formula is C42H32N2. The van der Waals surface area contributed by atoms with Crippen LogP contribution in [0, 0.1) is 0 Å². The largest absolute Gasteiger partial charge is 0.404 e. The van der Waals surface area contributed by atoms with Gasteiger partial charge in [-0.15, -0.1) is 0 Å². The Kier molecular flexibility index (Phi) is 5.20. The van der Waals surface area contributed by atoms with E-state index in [1.807, 2.05) is 0 Å². The minimum Gasteiger partial charge on any atom is -0.404 e. The van der Waals surface area contributed by atoms with E-state index in [0.717, 1.165) is 12.1 Å². The van der Waals surface area contributed by atoms with E-state index in [4.69, 9.17) is 5.73 Å². The van der Waals surface area contributed by atoms with Gasteiger partial charge in [0.1, 0.15) is 0 Å². The van der Waals surface area contributed by atoms with Gasteiger partial charge in [-0.25, -0.2) is 0 Å². The molecule has 2 nitrogen and oxygen atoms in total. The molecule has 2 N–H and O–H groups in total. The molecule has 0 atom stereocenters. The second kappa shape index (κ2) is 9.08. The van der Waals surface area contributed by atoms with E-state index in [0.29, 0.717) is 0 Å². The molecule has 1 aromatic heterocycles. The van der Waals surface area contributed by atoms with Crippen molar-refractivity contribution in [1.82, 2.24) is 4.57 Å². The number of aromatic nitrogens is 1. The fourth-order valence-electron chi connectivity index (χ4n) is 7.99. The summed E-state index contributed by atoms with van der Waals surface area (Å²) in [6, 6.07) is 47.0. The summed E-state index contributed by atoms with van der Waals surface area (Å²) >= 11 is 0. The Morgan fingerprint density at radius 2 is 1.23 bits per heavy atom. The normalized spacial score (nSPS) is 15.0. The summed E-state index contributed by atoms with van der Waals surface area (Å²) in [5.74, 6) is 0. The second-order valence-corrected chi connectivity index (χ2v) is 12.7. The Labute approximate surface area is 257 Å². The average molecular weight is 565 g/mol. The van der Waals surface area contributed by atoms with Crippen LogP contribution in [-0.4, -0.2) is 4.57 Å². The van der Waals surface area contributed by atoms with Crippen LogP contribution in [0.15, 0.2) is 134 Å². The first-order chi connectivity index (χ1) is 21.5. The van der Waals surface area contributed by atoms with Crippen LogP contribution in [0.5, 0.6) is 0 Å². The highest BCUT2D eigenvalue weighted by Gasteiger charge is 2.35. The summed E-state index contributed by atoms with van der Waals surface area (Å²) in [6.07, 6.45) is 1.78. The van der Waals surface area contributed by atoms with Gasteiger partial charge in [-0.05, 0) is 85.5 Å². The van der Waals surface area contributed by atoms with Crippen molar-refractivity contribution in [1.29, 1.82) is 0 Å². The van der Waals surface area contributed by atoms with Crippen LogP contribution < -0.4 is 5.73 Å². The Balaban J connectivity index is 1.18.